The van der Waals surface area contributed by atoms with E-state index in [0.717, 1.165) is 28.3 Å². The van der Waals surface area contributed by atoms with Crippen molar-refractivity contribution in [2.24, 2.45) is 5.92 Å². The smallest absolute Gasteiger partial charge is 0.243 e. The molecule has 1 fully saturated rings. The van der Waals surface area contributed by atoms with Gasteiger partial charge in [-0.05, 0) is 49.6 Å². The summed E-state index contributed by atoms with van der Waals surface area (Å²) in [7, 11) is -2.35. The van der Waals surface area contributed by atoms with E-state index in [4.69, 9.17) is 0 Å². The van der Waals surface area contributed by atoms with Crippen LogP contribution in [0.3, 0.4) is 0 Å². The topological polar surface area (TPSA) is 95.6 Å². The highest BCUT2D eigenvalue weighted by atomic mass is 32.2. The van der Waals surface area contributed by atoms with Crippen molar-refractivity contribution in [3.8, 4) is 0 Å². The van der Waals surface area contributed by atoms with Crippen molar-refractivity contribution in [2.75, 3.05) is 18.9 Å². The third kappa shape index (κ3) is 5.65. The number of aryl methyl sites for hydroxylation is 1. The SMILES string of the molecule is Cc1ccc(S(=O)(=O)N(C)CC(=O)NCc2cccc(NC(=O)C3CC3)c2)cc1. The Labute approximate surface area is 171 Å². The molecule has 0 atom stereocenters. The van der Waals surface area contributed by atoms with Gasteiger partial charge >= 0.3 is 0 Å². The quantitative estimate of drug-likeness (QED) is 0.691. The van der Waals surface area contributed by atoms with E-state index in [-0.39, 0.29) is 29.8 Å². The Kier molecular flexibility index (Phi) is 6.34. The Bertz CT molecular complexity index is 999. The van der Waals surface area contributed by atoms with Crippen LogP contribution in [0.5, 0.6) is 0 Å². The van der Waals surface area contributed by atoms with Gasteiger partial charge in [-0.3, -0.25) is 9.59 Å². The van der Waals surface area contributed by atoms with E-state index in [9.17, 15) is 18.0 Å². The molecule has 2 aromatic rings. The van der Waals surface area contributed by atoms with E-state index in [1.807, 2.05) is 13.0 Å². The first-order chi connectivity index (χ1) is 13.8. The predicted octanol–water partition coefficient (Wildman–Crippen LogP) is 2.28. The Balaban J connectivity index is 1.54. The molecule has 0 aromatic heterocycles. The molecule has 0 aliphatic heterocycles. The predicted molar refractivity (Wildman–Crippen MR) is 111 cm³/mol. The molecule has 3 rings (SSSR count). The van der Waals surface area contributed by atoms with E-state index in [1.54, 1.807) is 30.3 Å². The lowest BCUT2D eigenvalue weighted by molar-refractivity contribution is -0.121. The van der Waals surface area contributed by atoms with Gasteiger partial charge in [0.15, 0.2) is 0 Å². The fourth-order valence-corrected chi connectivity index (χ4v) is 3.91. The summed E-state index contributed by atoms with van der Waals surface area (Å²) in [5.74, 6) is -0.269. The van der Waals surface area contributed by atoms with Crippen molar-refractivity contribution < 1.29 is 18.0 Å². The number of hydrogen-bond donors (Lipinski definition) is 2. The van der Waals surface area contributed by atoms with Crippen LogP contribution in [0, 0.1) is 12.8 Å². The first-order valence-corrected chi connectivity index (χ1v) is 10.9. The van der Waals surface area contributed by atoms with Gasteiger partial charge in [0.25, 0.3) is 0 Å². The Hall–Kier alpha value is -2.71. The number of amides is 2. The summed E-state index contributed by atoms with van der Waals surface area (Å²) in [5.41, 5.74) is 2.46. The number of carbonyl (C=O) groups is 2. The normalized spacial score (nSPS) is 13.9. The largest absolute Gasteiger partial charge is 0.351 e. The summed E-state index contributed by atoms with van der Waals surface area (Å²) >= 11 is 0. The number of rotatable bonds is 8. The van der Waals surface area contributed by atoms with Crippen LogP contribution in [0.2, 0.25) is 0 Å². The molecule has 0 heterocycles. The van der Waals surface area contributed by atoms with Crippen molar-refractivity contribution in [1.82, 2.24) is 9.62 Å². The average molecular weight is 416 g/mol. The van der Waals surface area contributed by atoms with Crippen molar-refractivity contribution in [3.05, 3.63) is 59.7 Å². The number of carbonyl (C=O) groups excluding carboxylic acids is 2. The molecule has 2 amide bonds. The molecule has 29 heavy (non-hydrogen) atoms. The molecule has 0 radical (unpaired) electrons. The van der Waals surface area contributed by atoms with Crippen LogP contribution in [-0.4, -0.2) is 38.1 Å². The molecule has 2 N–H and O–H groups in total. The molecule has 8 heteroatoms. The fourth-order valence-electron chi connectivity index (χ4n) is 2.78. The zero-order chi connectivity index (χ0) is 21.0. The summed E-state index contributed by atoms with van der Waals surface area (Å²) in [6, 6.07) is 13.7. The standard InChI is InChI=1S/C21H25N3O4S/c1-15-6-10-19(11-7-15)29(27,28)24(2)14-20(25)22-13-16-4-3-5-18(12-16)23-21(26)17-8-9-17/h3-7,10-12,17H,8-9,13-14H2,1-2H3,(H,22,25)(H,23,26). The Morgan fingerprint density at radius 3 is 2.45 bits per heavy atom. The minimum Gasteiger partial charge on any atom is -0.351 e. The molecule has 2 aromatic carbocycles. The molecular formula is C21H25N3O4S. The maximum atomic E-state index is 12.6. The highest BCUT2D eigenvalue weighted by molar-refractivity contribution is 7.89. The van der Waals surface area contributed by atoms with Gasteiger partial charge < -0.3 is 10.6 Å². The Morgan fingerprint density at radius 2 is 1.79 bits per heavy atom. The Morgan fingerprint density at radius 1 is 1.10 bits per heavy atom. The second kappa shape index (κ2) is 8.75. The summed E-state index contributed by atoms with van der Waals surface area (Å²) in [6.45, 7) is 1.83. The van der Waals surface area contributed by atoms with Gasteiger partial charge in [-0.25, -0.2) is 8.42 Å². The van der Waals surface area contributed by atoms with Gasteiger partial charge in [-0.2, -0.15) is 4.31 Å². The lowest BCUT2D eigenvalue weighted by Crippen LogP contribution is -2.38. The van der Waals surface area contributed by atoms with Gasteiger partial charge in [0.05, 0.1) is 11.4 Å². The maximum Gasteiger partial charge on any atom is 0.243 e. The summed E-state index contributed by atoms with van der Waals surface area (Å²) in [4.78, 5) is 24.2. The van der Waals surface area contributed by atoms with Gasteiger partial charge in [0, 0.05) is 25.2 Å². The molecule has 7 nitrogen and oxygen atoms in total. The average Bonchev–Trinajstić information content (AvgIpc) is 3.52. The molecule has 0 unspecified atom stereocenters. The van der Waals surface area contributed by atoms with Crippen LogP contribution in [0.4, 0.5) is 5.69 Å². The van der Waals surface area contributed by atoms with Crippen LogP contribution in [0.15, 0.2) is 53.4 Å². The number of anilines is 1. The van der Waals surface area contributed by atoms with Crippen molar-refractivity contribution >= 4 is 27.5 Å². The molecule has 0 bridgehead atoms. The highest BCUT2D eigenvalue weighted by Gasteiger charge is 2.29. The number of nitrogens with zero attached hydrogens (tertiary/aromatic N) is 1. The van der Waals surface area contributed by atoms with Gasteiger partial charge in [-0.15, -0.1) is 0 Å². The van der Waals surface area contributed by atoms with Gasteiger partial charge in [0.2, 0.25) is 21.8 Å². The highest BCUT2D eigenvalue weighted by Crippen LogP contribution is 2.30. The fraction of sp³-hybridized carbons (Fsp3) is 0.333. The number of likely N-dealkylation sites (N-methyl/N-ethyl adjacent to an activating group) is 1. The van der Waals surface area contributed by atoms with Crippen LogP contribution >= 0.6 is 0 Å². The lowest BCUT2D eigenvalue weighted by Gasteiger charge is -2.17. The maximum absolute atomic E-state index is 12.6. The number of hydrogen-bond acceptors (Lipinski definition) is 4. The van der Waals surface area contributed by atoms with Gasteiger partial charge in [0.1, 0.15) is 0 Å². The van der Waals surface area contributed by atoms with E-state index >= 15 is 0 Å². The molecule has 0 saturated heterocycles. The number of nitrogens with one attached hydrogen (secondary N) is 2. The first-order valence-electron chi connectivity index (χ1n) is 9.45. The molecule has 154 valence electrons. The minimum atomic E-state index is -3.73. The van der Waals surface area contributed by atoms with Crippen LogP contribution in [-0.2, 0) is 26.2 Å². The molecule has 0 spiro atoms. The lowest BCUT2D eigenvalue weighted by atomic mass is 10.2. The molecular weight excluding hydrogens is 390 g/mol. The van der Waals surface area contributed by atoms with Crippen LogP contribution in [0.25, 0.3) is 0 Å². The zero-order valence-electron chi connectivity index (χ0n) is 16.5. The van der Waals surface area contributed by atoms with E-state index < -0.39 is 15.9 Å². The van der Waals surface area contributed by atoms with Crippen molar-refractivity contribution in [3.63, 3.8) is 0 Å². The van der Waals surface area contributed by atoms with Crippen LogP contribution < -0.4 is 10.6 Å². The van der Waals surface area contributed by atoms with Crippen molar-refractivity contribution in [2.45, 2.75) is 31.2 Å². The minimum absolute atomic E-state index is 0.0223. The monoisotopic (exact) mass is 415 g/mol. The summed E-state index contributed by atoms with van der Waals surface area (Å²) in [6.07, 6.45) is 1.86. The number of sulfonamides is 1. The summed E-state index contributed by atoms with van der Waals surface area (Å²) in [5, 5.41) is 5.59. The van der Waals surface area contributed by atoms with Crippen molar-refractivity contribution in [1.29, 1.82) is 0 Å². The van der Waals surface area contributed by atoms with E-state index in [0.29, 0.717) is 5.69 Å². The number of benzene rings is 2. The van der Waals surface area contributed by atoms with E-state index in [1.165, 1.54) is 19.2 Å². The third-order valence-corrected chi connectivity index (χ3v) is 6.55. The second-order valence-electron chi connectivity index (χ2n) is 7.31. The van der Waals surface area contributed by atoms with E-state index in [2.05, 4.69) is 10.6 Å². The summed E-state index contributed by atoms with van der Waals surface area (Å²) < 4.78 is 26.2. The first kappa shape index (κ1) is 21.0. The molecule has 1 aliphatic carbocycles. The zero-order valence-corrected chi connectivity index (χ0v) is 17.3. The van der Waals surface area contributed by atoms with Crippen LogP contribution in [0.1, 0.15) is 24.0 Å². The third-order valence-electron chi connectivity index (χ3n) is 4.73. The molecule has 1 aliphatic rings. The second-order valence-corrected chi connectivity index (χ2v) is 9.36. The molecule has 1 saturated carbocycles. The van der Waals surface area contributed by atoms with Gasteiger partial charge in [-0.1, -0.05) is 29.8 Å².